The van der Waals surface area contributed by atoms with Gasteiger partial charge in [-0.15, -0.1) is 11.3 Å². The molecule has 0 saturated heterocycles. The maximum atomic E-state index is 13.0. The van der Waals surface area contributed by atoms with E-state index in [0.717, 1.165) is 16.1 Å². The van der Waals surface area contributed by atoms with E-state index in [1.165, 1.54) is 29.5 Å². The number of hydrogen-bond donors (Lipinski definition) is 0. The first-order valence-corrected chi connectivity index (χ1v) is 9.50. The summed E-state index contributed by atoms with van der Waals surface area (Å²) < 4.78 is 29.2. The topological polar surface area (TPSA) is 57.7 Å². The molecule has 0 radical (unpaired) electrons. The first-order valence-electron chi connectivity index (χ1n) is 8.62. The molecule has 0 unspecified atom stereocenters. The highest BCUT2D eigenvalue weighted by Gasteiger charge is 2.11. The number of thiazole rings is 1. The third-order valence-corrected chi connectivity index (χ3v) is 4.92. The fourth-order valence-corrected chi connectivity index (χ4v) is 3.43. The predicted molar refractivity (Wildman–Crippen MR) is 104 cm³/mol. The minimum atomic E-state index is -0.466. The normalized spacial score (nSPS) is 12.9. The summed E-state index contributed by atoms with van der Waals surface area (Å²) in [6.45, 7) is 1.12. The largest absolute Gasteiger partial charge is 0.486 e. The zero-order chi connectivity index (χ0) is 19.3. The highest BCUT2D eigenvalue weighted by atomic mass is 32.1. The van der Waals surface area contributed by atoms with Crippen LogP contribution in [0.2, 0.25) is 0 Å². The van der Waals surface area contributed by atoms with E-state index in [-0.39, 0.29) is 12.4 Å². The van der Waals surface area contributed by atoms with Gasteiger partial charge in [0.25, 0.3) is 0 Å². The van der Waals surface area contributed by atoms with Crippen molar-refractivity contribution in [2.45, 2.75) is 6.61 Å². The van der Waals surface area contributed by atoms with Crippen LogP contribution in [0.25, 0.3) is 16.6 Å². The van der Waals surface area contributed by atoms with Crippen molar-refractivity contribution < 1.29 is 23.4 Å². The number of nitrogens with zero attached hydrogens (tertiary/aromatic N) is 1. The second-order valence-corrected chi connectivity index (χ2v) is 6.85. The Bertz CT molecular complexity index is 1010. The molecule has 0 atom stereocenters. The molecule has 0 spiro atoms. The average molecular weight is 397 g/mol. The van der Waals surface area contributed by atoms with Gasteiger partial charge in [0, 0.05) is 17.0 Å². The molecule has 7 heteroatoms. The fraction of sp³-hybridized carbons (Fsp3) is 0.143. The Labute approximate surface area is 165 Å². The van der Waals surface area contributed by atoms with E-state index >= 15 is 0 Å². The average Bonchev–Trinajstić information content (AvgIpc) is 3.20. The van der Waals surface area contributed by atoms with Gasteiger partial charge < -0.3 is 14.2 Å². The number of hydrogen-bond acceptors (Lipinski definition) is 6. The van der Waals surface area contributed by atoms with E-state index in [9.17, 15) is 9.18 Å². The van der Waals surface area contributed by atoms with Crippen molar-refractivity contribution in [3.63, 3.8) is 0 Å². The van der Waals surface area contributed by atoms with E-state index in [0.29, 0.717) is 30.4 Å². The Hall–Kier alpha value is -3.19. The highest BCUT2D eigenvalue weighted by molar-refractivity contribution is 7.13. The lowest BCUT2D eigenvalue weighted by Gasteiger charge is -2.18. The number of aromatic nitrogens is 1. The second kappa shape index (κ2) is 8.22. The second-order valence-electron chi connectivity index (χ2n) is 6.00. The number of benzene rings is 2. The molecule has 2 heterocycles. The van der Waals surface area contributed by atoms with Crippen molar-refractivity contribution >= 4 is 23.4 Å². The molecule has 2 aromatic carbocycles. The Morgan fingerprint density at radius 1 is 1.14 bits per heavy atom. The molecule has 4 rings (SSSR count). The van der Waals surface area contributed by atoms with Gasteiger partial charge >= 0.3 is 5.97 Å². The van der Waals surface area contributed by atoms with Gasteiger partial charge in [-0.05, 0) is 48.0 Å². The zero-order valence-corrected chi connectivity index (χ0v) is 15.6. The molecule has 28 heavy (non-hydrogen) atoms. The van der Waals surface area contributed by atoms with Crippen molar-refractivity contribution in [3.8, 4) is 22.1 Å². The van der Waals surface area contributed by atoms with Crippen LogP contribution in [0.1, 0.15) is 11.3 Å². The molecule has 1 aliphatic heterocycles. The van der Waals surface area contributed by atoms with Crippen LogP contribution < -0.4 is 9.47 Å². The Morgan fingerprint density at radius 2 is 1.93 bits per heavy atom. The number of rotatable bonds is 5. The lowest BCUT2D eigenvalue weighted by atomic mass is 10.2. The highest BCUT2D eigenvalue weighted by Crippen LogP contribution is 2.31. The van der Waals surface area contributed by atoms with Gasteiger partial charge in [-0.3, -0.25) is 0 Å². The third kappa shape index (κ3) is 4.37. The van der Waals surface area contributed by atoms with E-state index in [4.69, 9.17) is 14.2 Å². The van der Waals surface area contributed by atoms with Crippen molar-refractivity contribution in [2.75, 3.05) is 13.2 Å². The molecule has 1 aliphatic rings. The SMILES string of the molecule is O=C(/C=C\c1ccc2c(c1)OCCO2)OCc1csc(-c2ccc(F)cc2)n1. The molecular weight excluding hydrogens is 381 g/mol. The van der Waals surface area contributed by atoms with Crippen LogP contribution in [0.3, 0.4) is 0 Å². The standard InChI is InChI=1S/C21H16FNO4S/c22-16-5-3-15(4-6-16)21-23-17(13-28-21)12-27-20(24)8-2-14-1-7-18-19(11-14)26-10-9-25-18/h1-8,11,13H,9-10,12H2/b8-2-. The first kappa shape index (κ1) is 18.2. The minimum absolute atomic E-state index is 0.0714. The summed E-state index contributed by atoms with van der Waals surface area (Å²) >= 11 is 1.41. The van der Waals surface area contributed by atoms with Crippen molar-refractivity contribution in [1.82, 2.24) is 4.98 Å². The van der Waals surface area contributed by atoms with E-state index in [2.05, 4.69) is 4.98 Å². The van der Waals surface area contributed by atoms with E-state index in [1.807, 2.05) is 23.6 Å². The Morgan fingerprint density at radius 3 is 2.75 bits per heavy atom. The molecule has 0 bridgehead atoms. The summed E-state index contributed by atoms with van der Waals surface area (Å²) in [5.41, 5.74) is 2.28. The number of halogens is 1. The summed E-state index contributed by atoms with van der Waals surface area (Å²) in [5.74, 6) is 0.606. The number of ether oxygens (including phenoxy) is 3. The van der Waals surface area contributed by atoms with Crippen molar-refractivity contribution in [1.29, 1.82) is 0 Å². The van der Waals surface area contributed by atoms with Crippen LogP contribution in [0.5, 0.6) is 11.5 Å². The maximum Gasteiger partial charge on any atom is 0.331 e. The number of carbonyl (C=O) groups excluding carboxylic acids is 1. The molecule has 0 aliphatic carbocycles. The third-order valence-electron chi connectivity index (χ3n) is 3.98. The molecule has 0 saturated carbocycles. The van der Waals surface area contributed by atoms with Crippen LogP contribution in [0.4, 0.5) is 4.39 Å². The maximum absolute atomic E-state index is 13.0. The fourth-order valence-electron chi connectivity index (χ4n) is 2.62. The smallest absolute Gasteiger partial charge is 0.331 e. The molecule has 142 valence electrons. The van der Waals surface area contributed by atoms with Crippen LogP contribution in [-0.2, 0) is 16.1 Å². The van der Waals surface area contributed by atoms with Crippen LogP contribution >= 0.6 is 11.3 Å². The Balaban J connectivity index is 1.33. The van der Waals surface area contributed by atoms with Gasteiger partial charge in [-0.2, -0.15) is 0 Å². The number of esters is 1. The Kier molecular flexibility index (Phi) is 5.34. The molecule has 5 nitrogen and oxygen atoms in total. The minimum Gasteiger partial charge on any atom is -0.486 e. The molecule has 0 N–H and O–H groups in total. The van der Waals surface area contributed by atoms with Crippen LogP contribution in [0.15, 0.2) is 53.9 Å². The number of fused-ring (bicyclic) bond motifs is 1. The van der Waals surface area contributed by atoms with Crippen molar-refractivity contribution in [3.05, 3.63) is 71.0 Å². The van der Waals surface area contributed by atoms with Gasteiger partial charge in [0.15, 0.2) is 11.5 Å². The van der Waals surface area contributed by atoms with Gasteiger partial charge in [0.2, 0.25) is 0 Å². The lowest BCUT2D eigenvalue weighted by molar-refractivity contribution is -0.139. The van der Waals surface area contributed by atoms with Crippen molar-refractivity contribution in [2.24, 2.45) is 0 Å². The molecule has 1 aromatic heterocycles. The summed E-state index contributed by atoms with van der Waals surface area (Å²) in [4.78, 5) is 16.4. The summed E-state index contributed by atoms with van der Waals surface area (Å²) in [5, 5.41) is 2.56. The molecule has 0 fully saturated rings. The first-order chi connectivity index (χ1) is 13.7. The van der Waals surface area contributed by atoms with Gasteiger partial charge in [-0.25, -0.2) is 14.2 Å². The zero-order valence-electron chi connectivity index (χ0n) is 14.8. The summed E-state index contributed by atoms with van der Waals surface area (Å²) in [6.07, 6.45) is 3.02. The molecular formula is C21H16FNO4S. The van der Waals surface area contributed by atoms with Crippen LogP contribution in [-0.4, -0.2) is 24.2 Å². The van der Waals surface area contributed by atoms with Gasteiger partial charge in [0.05, 0.1) is 5.69 Å². The van der Waals surface area contributed by atoms with Gasteiger partial charge in [-0.1, -0.05) is 6.07 Å². The lowest BCUT2D eigenvalue weighted by Crippen LogP contribution is -2.15. The molecule has 0 amide bonds. The number of carbonyl (C=O) groups is 1. The summed E-state index contributed by atoms with van der Waals surface area (Å²) in [7, 11) is 0. The van der Waals surface area contributed by atoms with Crippen LogP contribution in [0, 0.1) is 5.82 Å². The monoisotopic (exact) mass is 397 g/mol. The predicted octanol–water partition coefficient (Wildman–Crippen LogP) is 4.48. The van der Waals surface area contributed by atoms with E-state index in [1.54, 1.807) is 18.2 Å². The quantitative estimate of drug-likeness (QED) is 0.469. The van der Waals surface area contributed by atoms with Gasteiger partial charge in [0.1, 0.15) is 30.6 Å². The summed E-state index contributed by atoms with van der Waals surface area (Å²) in [6, 6.07) is 11.6. The molecule has 3 aromatic rings. The van der Waals surface area contributed by atoms with E-state index < -0.39 is 5.97 Å².